The van der Waals surface area contributed by atoms with Crippen LogP contribution in [-0.4, -0.2) is 48.7 Å². The number of aromatic amines is 1. The molecular formula is C22H28N4O4S. The van der Waals surface area contributed by atoms with Crippen LogP contribution in [0.4, 0.5) is 5.69 Å². The van der Waals surface area contributed by atoms with Crippen molar-refractivity contribution in [2.75, 3.05) is 24.4 Å². The minimum Gasteiger partial charge on any atom is -0.492 e. The predicted octanol–water partition coefficient (Wildman–Crippen LogP) is 2.87. The number of aryl methyl sites for hydroxylation is 1. The van der Waals surface area contributed by atoms with Gasteiger partial charge in [0.15, 0.2) is 0 Å². The molecular weight excluding hydrogens is 416 g/mol. The van der Waals surface area contributed by atoms with Gasteiger partial charge in [0.05, 0.1) is 16.9 Å². The van der Waals surface area contributed by atoms with Gasteiger partial charge in [-0.2, -0.15) is 5.10 Å². The van der Waals surface area contributed by atoms with E-state index in [1.807, 2.05) is 25.1 Å². The summed E-state index contributed by atoms with van der Waals surface area (Å²) >= 11 is 0. The Morgan fingerprint density at radius 3 is 2.87 bits per heavy atom. The van der Waals surface area contributed by atoms with E-state index < -0.39 is 16.1 Å². The molecule has 1 unspecified atom stereocenters. The maximum atomic E-state index is 12.3. The number of aliphatic hydroxyl groups excluding tert-OH is 1. The number of benzene rings is 2. The van der Waals surface area contributed by atoms with Crippen LogP contribution in [-0.2, 0) is 10.0 Å². The molecule has 1 aliphatic carbocycles. The van der Waals surface area contributed by atoms with Crippen molar-refractivity contribution in [3.63, 3.8) is 0 Å². The van der Waals surface area contributed by atoms with E-state index in [1.54, 1.807) is 24.3 Å². The molecule has 31 heavy (non-hydrogen) atoms. The number of hydrogen-bond acceptors (Lipinski definition) is 6. The maximum absolute atomic E-state index is 12.3. The zero-order chi connectivity index (χ0) is 21.8. The van der Waals surface area contributed by atoms with Gasteiger partial charge >= 0.3 is 0 Å². The number of nitrogens with zero attached hydrogens (tertiary/aromatic N) is 1. The molecule has 0 aliphatic heterocycles. The van der Waals surface area contributed by atoms with E-state index in [9.17, 15) is 13.5 Å². The number of rotatable bonds is 10. The van der Waals surface area contributed by atoms with Crippen molar-refractivity contribution < 1.29 is 18.3 Å². The SMILES string of the molecule is Cc1[nH]nc2cc(OCCNCC(O)c3cccc(NS(=O)(=O)C4CCC4)c3)ccc12. The van der Waals surface area contributed by atoms with Crippen molar-refractivity contribution >= 4 is 26.6 Å². The van der Waals surface area contributed by atoms with E-state index in [-0.39, 0.29) is 5.25 Å². The number of hydrogen-bond donors (Lipinski definition) is 4. The van der Waals surface area contributed by atoms with Gasteiger partial charge in [0.2, 0.25) is 10.0 Å². The van der Waals surface area contributed by atoms with Crippen molar-refractivity contribution in [1.29, 1.82) is 0 Å². The van der Waals surface area contributed by atoms with Gasteiger partial charge in [0.25, 0.3) is 0 Å². The van der Waals surface area contributed by atoms with Gasteiger partial charge in [-0.1, -0.05) is 18.6 Å². The molecule has 0 saturated heterocycles. The van der Waals surface area contributed by atoms with Gasteiger partial charge in [0.1, 0.15) is 12.4 Å². The molecule has 1 aliphatic rings. The zero-order valence-corrected chi connectivity index (χ0v) is 18.3. The molecule has 3 aromatic rings. The minimum atomic E-state index is -3.35. The lowest BCUT2D eigenvalue weighted by Crippen LogP contribution is -2.33. The normalized spacial score (nSPS) is 15.5. The molecule has 0 bridgehead atoms. The monoisotopic (exact) mass is 444 g/mol. The largest absolute Gasteiger partial charge is 0.492 e. The molecule has 2 aromatic carbocycles. The average Bonchev–Trinajstić information content (AvgIpc) is 3.06. The van der Waals surface area contributed by atoms with Crippen LogP contribution >= 0.6 is 0 Å². The Bertz CT molecular complexity index is 1140. The van der Waals surface area contributed by atoms with Gasteiger partial charge in [-0.05, 0) is 49.6 Å². The quantitative estimate of drug-likeness (QED) is 0.357. The van der Waals surface area contributed by atoms with E-state index in [4.69, 9.17) is 4.74 Å². The zero-order valence-electron chi connectivity index (χ0n) is 17.5. The fourth-order valence-electron chi connectivity index (χ4n) is 3.55. The Kier molecular flexibility index (Phi) is 6.45. The summed E-state index contributed by atoms with van der Waals surface area (Å²) in [5.41, 5.74) is 3.03. The molecule has 4 N–H and O–H groups in total. The number of H-pyrrole nitrogens is 1. The number of nitrogens with one attached hydrogen (secondary N) is 3. The molecule has 0 radical (unpaired) electrons. The summed E-state index contributed by atoms with van der Waals surface area (Å²) in [6, 6.07) is 12.7. The molecule has 0 spiro atoms. The van der Waals surface area contributed by atoms with E-state index in [0.29, 0.717) is 43.8 Å². The predicted molar refractivity (Wildman–Crippen MR) is 121 cm³/mol. The number of fused-ring (bicyclic) bond motifs is 1. The first-order chi connectivity index (χ1) is 14.9. The summed E-state index contributed by atoms with van der Waals surface area (Å²) in [5.74, 6) is 0.743. The van der Waals surface area contributed by atoms with Crippen molar-refractivity contribution in [2.45, 2.75) is 37.5 Å². The second-order valence-electron chi connectivity index (χ2n) is 7.92. The highest BCUT2D eigenvalue weighted by Crippen LogP contribution is 2.28. The Labute approximate surface area is 182 Å². The Balaban J connectivity index is 1.23. The van der Waals surface area contributed by atoms with Crippen LogP contribution in [0.3, 0.4) is 0 Å². The summed E-state index contributed by atoms with van der Waals surface area (Å²) in [5, 5.41) is 21.6. The first-order valence-corrected chi connectivity index (χ1v) is 12.0. The van der Waals surface area contributed by atoms with Gasteiger partial charge in [0, 0.05) is 35.9 Å². The Hall–Kier alpha value is -2.62. The number of aromatic nitrogens is 2. The standard InChI is InChI=1S/C22H28N4O4S/c1-15-20-9-8-18(13-21(20)25-24-15)30-11-10-23-14-22(27)16-4-2-5-17(12-16)26-31(28,29)19-6-3-7-19/h2,4-5,8-9,12-13,19,22-23,26-27H,3,6-7,10-11,14H2,1H3,(H,24,25). The molecule has 1 saturated carbocycles. The van der Waals surface area contributed by atoms with E-state index in [0.717, 1.165) is 28.8 Å². The third-order valence-corrected chi connectivity index (χ3v) is 7.49. The van der Waals surface area contributed by atoms with Crippen LogP contribution in [0, 0.1) is 6.92 Å². The van der Waals surface area contributed by atoms with E-state index >= 15 is 0 Å². The fraction of sp³-hybridized carbons (Fsp3) is 0.409. The van der Waals surface area contributed by atoms with Crippen LogP contribution in [0.5, 0.6) is 5.75 Å². The average molecular weight is 445 g/mol. The van der Waals surface area contributed by atoms with Gasteiger partial charge < -0.3 is 15.2 Å². The summed E-state index contributed by atoms with van der Waals surface area (Å²) < 4.78 is 33.0. The van der Waals surface area contributed by atoms with E-state index in [1.165, 1.54) is 0 Å². The van der Waals surface area contributed by atoms with Crippen LogP contribution < -0.4 is 14.8 Å². The molecule has 0 amide bonds. The molecule has 9 heteroatoms. The summed E-state index contributed by atoms with van der Waals surface area (Å²) in [7, 11) is -3.35. The van der Waals surface area contributed by atoms with Gasteiger partial charge in [-0.15, -0.1) is 0 Å². The second-order valence-corrected chi connectivity index (χ2v) is 9.88. The maximum Gasteiger partial charge on any atom is 0.235 e. The lowest BCUT2D eigenvalue weighted by molar-refractivity contribution is 0.172. The minimum absolute atomic E-state index is 0.305. The molecule has 1 atom stereocenters. The highest BCUT2D eigenvalue weighted by molar-refractivity contribution is 7.93. The number of anilines is 1. The van der Waals surface area contributed by atoms with Crippen molar-refractivity contribution in [2.24, 2.45) is 0 Å². The van der Waals surface area contributed by atoms with Crippen LogP contribution in [0.15, 0.2) is 42.5 Å². The summed E-state index contributed by atoms with van der Waals surface area (Å²) in [4.78, 5) is 0. The number of aliphatic hydroxyl groups is 1. The topological polar surface area (TPSA) is 116 Å². The van der Waals surface area contributed by atoms with Crippen LogP contribution in [0.25, 0.3) is 10.9 Å². The van der Waals surface area contributed by atoms with Crippen molar-refractivity contribution in [1.82, 2.24) is 15.5 Å². The molecule has 8 nitrogen and oxygen atoms in total. The Morgan fingerprint density at radius 1 is 1.26 bits per heavy atom. The fourth-order valence-corrected chi connectivity index (χ4v) is 5.13. The van der Waals surface area contributed by atoms with Crippen molar-refractivity contribution in [3.05, 3.63) is 53.7 Å². The molecule has 1 fully saturated rings. The highest BCUT2D eigenvalue weighted by Gasteiger charge is 2.31. The van der Waals surface area contributed by atoms with Gasteiger partial charge in [-0.25, -0.2) is 8.42 Å². The number of ether oxygens (including phenoxy) is 1. The lowest BCUT2D eigenvalue weighted by Gasteiger charge is -2.25. The van der Waals surface area contributed by atoms with Crippen LogP contribution in [0.2, 0.25) is 0 Å². The second kappa shape index (κ2) is 9.25. The third-order valence-electron chi connectivity index (χ3n) is 5.63. The summed E-state index contributed by atoms with van der Waals surface area (Å²) in [6.07, 6.45) is 1.62. The molecule has 1 heterocycles. The Morgan fingerprint density at radius 2 is 2.10 bits per heavy atom. The molecule has 166 valence electrons. The third kappa shape index (κ3) is 5.17. The van der Waals surface area contributed by atoms with Crippen LogP contribution in [0.1, 0.15) is 36.6 Å². The first-order valence-electron chi connectivity index (χ1n) is 10.5. The molecule has 1 aromatic heterocycles. The van der Waals surface area contributed by atoms with Gasteiger partial charge in [-0.3, -0.25) is 9.82 Å². The summed E-state index contributed by atoms with van der Waals surface area (Å²) in [6.45, 7) is 3.31. The number of sulfonamides is 1. The lowest BCUT2D eigenvalue weighted by atomic mass is 10.0. The highest BCUT2D eigenvalue weighted by atomic mass is 32.2. The van der Waals surface area contributed by atoms with E-state index in [2.05, 4.69) is 20.2 Å². The molecule has 4 rings (SSSR count). The first kappa shape index (κ1) is 21.6. The smallest absolute Gasteiger partial charge is 0.235 e. The van der Waals surface area contributed by atoms with Crippen molar-refractivity contribution in [3.8, 4) is 5.75 Å².